The summed E-state index contributed by atoms with van der Waals surface area (Å²) in [6, 6.07) is 2.00. The van der Waals surface area contributed by atoms with Gasteiger partial charge in [0.15, 0.2) is 5.69 Å². The fraction of sp³-hybridized carbons (Fsp3) is 0.615. The molecule has 1 aromatic heterocycles. The second kappa shape index (κ2) is 3.92. The zero-order chi connectivity index (χ0) is 12.8. The summed E-state index contributed by atoms with van der Waals surface area (Å²) in [7, 11) is 0. The lowest BCUT2D eigenvalue weighted by molar-refractivity contribution is 0.356. The number of anilines is 1. The number of fused-ring (bicyclic) bond motifs is 1. The topological polar surface area (TPSA) is 64.8 Å². The molecule has 2 fully saturated rings. The Morgan fingerprint density at radius 2 is 2.22 bits per heavy atom. The smallest absolute Gasteiger partial charge is 0.158 e. The second-order valence-electron chi connectivity index (χ2n) is 5.66. The maximum atomic E-state index is 8.75. The Labute approximate surface area is 107 Å². The lowest BCUT2D eigenvalue weighted by Crippen LogP contribution is -2.45. The van der Waals surface area contributed by atoms with Crippen molar-refractivity contribution in [1.29, 1.82) is 5.26 Å². The Kier molecular flexibility index (Phi) is 2.49. The molecule has 0 aromatic carbocycles. The van der Waals surface area contributed by atoms with Gasteiger partial charge >= 0.3 is 0 Å². The molecule has 2 unspecified atom stereocenters. The van der Waals surface area contributed by atoms with Crippen molar-refractivity contribution in [2.75, 3.05) is 24.5 Å². The molecule has 0 saturated carbocycles. The Hall–Kier alpha value is -1.67. The van der Waals surface area contributed by atoms with Gasteiger partial charge in [-0.05, 0) is 25.7 Å². The zero-order valence-corrected chi connectivity index (χ0v) is 10.7. The molecule has 0 bridgehead atoms. The third-order valence-corrected chi connectivity index (χ3v) is 4.39. The van der Waals surface area contributed by atoms with E-state index in [4.69, 9.17) is 5.26 Å². The molecule has 0 amide bonds. The van der Waals surface area contributed by atoms with E-state index in [-0.39, 0.29) is 5.54 Å². The first kappa shape index (κ1) is 11.4. The van der Waals surface area contributed by atoms with Crippen LogP contribution in [0.1, 0.15) is 19.5 Å². The minimum absolute atomic E-state index is 0.0943. The molecule has 0 aliphatic carbocycles. The predicted molar refractivity (Wildman–Crippen MR) is 68.0 cm³/mol. The van der Waals surface area contributed by atoms with Gasteiger partial charge in [-0.15, -0.1) is 0 Å². The summed E-state index contributed by atoms with van der Waals surface area (Å²) in [4.78, 5) is 10.8. The van der Waals surface area contributed by atoms with Gasteiger partial charge in [-0.25, -0.2) is 9.97 Å². The van der Waals surface area contributed by atoms with Crippen LogP contribution in [0.3, 0.4) is 0 Å². The molecule has 1 N–H and O–H groups in total. The molecular weight excluding hydrogens is 226 g/mol. The number of nitrogens with zero attached hydrogens (tertiary/aromatic N) is 4. The minimum atomic E-state index is 0.0943. The second-order valence-corrected chi connectivity index (χ2v) is 5.66. The Balaban J connectivity index is 1.90. The molecule has 2 aliphatic heterocycles. The Morgan fingerprint density at radius 1 is 1.39 bits per heavy atom. The first-order chi connectivity index (χ1) is 8.63. The summed E-state index contributed by atoms with van der Waals surface area (Å²) < 4.78 is 0. The van der Waals surface area contributed by atoms with Gasteiger partial charge in [-0.2, -0.15) is 5.26 Å². The summed E-state index contributed by atoms with van der Waals surface area (Å²) in [5.41, 5.74) is 0.467. The van der Waals surface area contributed by atoms with Crippen molar-refractivity contribution in [3.8, 4) is 6.07 Å². The number of aromatic nitrogens is 2. The van der Waals surface area contributed by atoms with Crippen molar-refractivity contribution in [3.63, 3.8) is 0 Å². The van der Waals surface area contributed by atoms with Crippen LogP contribution >= 0.6 is 0 Å². The molecule has 3 rings (SSSR count). The van der Waals surface area contributed by atoms with Crippen LogP contribution in [0, 0.1) is 23.2 Å². The molecule has 5 nitrogen and oxygen atoms in total. The summed E-state index contributed by atoms with van der Waals surface area (Å²) in [5, 5.41) is 12.2. The molecule has 0 radical (unpaired) electrons. The number of hydrogen-bond acceptors (Lipinski definition) is 5. The third kappa shape index (κ3) is 1.57. The lowest BCUT2D eigenvalue weighted by atomic mass is 9.85. The molecule has 3 heterocycles. The van der Waals surface area contributed by atoms with Gasteiger partial charge in [0.05, 0.1) is 12.4 Å². The van der Waals surface area contributed by atoms with E-state index < -0.39 is 0 Å². The summed E-state index contributed by atoms with van der Waals surface area (Å²) in [6.45, 7) is 7.73. The molecule has 2 atom stereocenters. The molecule has 2 aliphatic rings. The SMILES string of the molecule is CC1(C)C2CNCC2CN1c1cnc(C#N)cn1. The van der Waals surface area contributed by atoms with Gasteiger partial charge in [-0.3, -0.25) is 0 Å². The van der Waals surface area contributed by atoms with Crippen LogP contribution in [0.5, 0.6) is 0 Å². The van der Waals surface area contributed by atoms with E-state index >= 15 is 0 Å². The summed E-state index contributed by atoms with van der Waals surface area (Å²) in [6.07, 6.45) is 3.27. The van der Waals surface area contributed by atoms with Gasteiger partial charge in [0, 0.05) is 25.2 Å². The van der Waals surface area contributed by atoms with E-state index in [0.29, 0.717) is 17.5 Å². The van der Waals surface area contributed by atoms with Crippen molar-refractivity contribution in [2.24, 2.45) is 11.8 Å². The van der Waals surface area contributed by atoms with Crippen LogP contribution in [0.4, 0.5) is 5.82 Å². The van der Waals surface area contributed by atoms with Crippen molar-refractivity contribution in [2.45, 2.75) is 19.4 Å². The highest BCUT2D eigenvalue weighted by atomic mass is 15.3. The highest BCUT2D eigenvalue weighted by molar-refractivity contribution is 5.44. The predicted octanol–water partition coefficient (Wildman–Crippen LogP) is 0.782. The van der Waals surface area contributed by atoms with E-state index in [2.05, 4.69) is 34.0 Å². The van der Waals surface area contributed by atoms with Crippen LogP contribution in [0.15, 0.2) is 12.4 Å². The Bertz CT molecular complexity index is 487. The first-order valence-electron chi connectivity index (χ1n) is 6.33. The van der Waals surface area contributed by atoms with E-state index in [9.17, 15) is 0 Å². The summed E-state index contributed by atoms with van der Waals surface area (Å²) in [5.74, 6) is 2.24. The van der Waals surface area contributed by atoms with E-state index in [1.165, 1.54) is 0 Å². The van der Waals surface area contributed by atoms with E-state index in [0.717, 1.165) is 25.5 Å². The lowest BCUT2D eigenvalue weighted by Gasteiger charge is -2.36. The molecule has 0 spiro atoms. The zero-order valence-electron chi connectivity index (χ0n) is 10.7. The number of nitriles is 1. The van der Waals surface area contributed by atoms with Crippen LogP contribution < -0.4 is 10.2 Å². The highest BCUT2D eigenvalue weighted by Gasteiger charge is 2.49. The standard InChI is InChI=1S/C13H17N5/c1-13(2)11-6-15-4-9(11)8-18(13)12-7-16-10(3-14)5-17-12/h5,7,9,11,15H,4,6,8H2,1-2H3. The maximum Gasteiger partial charge on any atom is 0.158 e. The van der Waals surface area contributed by atoms with Crippen LogP contribution in [0.2, 0.25) is 0 Å². The fourth-order valence-corrected chi connectivity index (χ4v) is 3.33. The minimum Gasteiger partial charge on any atom is -0.350 e. The number of hydrogen-bond donors (Lipinski definition) is 1. The molecule has 18 heavy (non-hydrogen) atoms. The molecule has 5 heteroatoms. The quantitative estimate of drug-likeness (QED) is 0.789. The van der Waals surface area contributed by atoms with Crippen LogP contribution in [0.25, 0.3) is 0 Å². The third-order valence-electron chi connectivity index (χ3n) is 4.39. The van der Waals surface area contributed by atoms with Gasteiger partial charge in [0.25, 0.3) is 0 Å². The Morgan fingerprint density at radius 3 is 2.83 bits per heavy atom. The van der Waals surface area contributed by atoms with Crippen molar-refractivity contribution < 1.29 is 0 Å². The average Bonchev–Trinajstić information content (AvgIpc) is 2.92. The highest BCUT2D eigenvalue weighted by Crippen LogP contribution is 2.42. The van der Waals surface area contributed by atoms with Crippen LogP contribution in [-0.2, 0) is 0 Å². The van der Waals surface area contributed by atoms with Gasteiger partial charge in [-0.1, -0.05) is 0 Å². The van der Waals surface area contributed by atoms with Gasteiger partial charge < -0.3 is 10.2 Å². The summed E-state index contributed by atoms with van der Waals surface area (Å²) >= 11 is 0. The molecule has 2 saturated heterocycles. The largest absolute Gasteiger partial charge is 0.350 e. The number of nitrogens with one attached hydrogen (secondary N) is 1. The van der Waals surface area contributed by atoms with Crippen LogP contribution in [-0.4, -0.2) is 35.1 Å². The fourth-order valence-electron chi connectivity index (χ4n) is 3.33. The van der Waals surface area contributed by atoms with Gasteiger partial charge in [0.1, 0.15) is 11.9 Å². The number of rotatable bonds is 1. The maximum absolute atomic E-state index is 8.75. The average molecular weight is 243 g/mol. The van der Waals surface area contributed by atoms with Crippen molar-refractivity contribution >= 4 is 5.82 Å². The molecule has 94 valence electrons. The first-order valence-corrected chi connectivity index (χ1v) is 6.33. The monoisotopic (exact) mass is 243 g/mol. The molecule has 1 aromatic rings. The van der Waals surface area contributed by atoms with E-state index in [1.807, 2.05) is 6.07 Å². The van der Waals surface area contributed by atoms with Crippen molar-refractivity contribution in [3.05, 3.63) is 18.1 Å². The normalized spacial score (nSPS) is 29.1. The van der Waals surface area contributed by atoms with Gasteiger partial charge in [0.2, 0.25) is 0 Å². The molecular formula is C13H17N5. The van der Waals surface area contributed by atoms with Crippen molar-refractivity contribution in [1.82, 2.24) is 15.3 Å². The van der Waals surface area contributed by atoms with E-state index in [1.54, 1.807) is 12.4 Å².